The molecule has 0 saturated carbocycles. The van der Waals surface area contributed by atoms with Gasteiger partial charge in [0.15, 0.2) is 0 Å². The van der Waals surface area contributed by atoms with Crippen LogP contribution in [-0.2, 0) is 24.4 Å². The second-order valence-corrected chi connectivity index (χ2v) is 8.71. The van der Waals surface area contributed by atoms with Gasteiger partial charge in [0, 0.05) is 33.1 Å². The predicted molar refractivity (Wildman–Crippen MR) is 103 cm³/mol. The van der Waals surface area contributed by atoms with Gasteiger partial charge in [-0.15, -0.1) is 0 Å². The van der Waals surface area contributed by atoms with Gasteiger partial charge in [-0.05, 0) is 12.1 Å². The van der Waals surface area contributed by atoms with Crippen LogP contribution in [0.5, 0.6) is 0 Å². The molecular weight excluding hydrogens is 431 g/mol. The molecule has 1 aliphatic rings. The molecule has 2 rings (SSSR count). The minimum atomic E-state index is -3.89. The summed E-state index contributed by atoms with van der Waals surface area (Å²) >= 11 is 12.0. The van der Waals surface area contributed by atoms with Gasteiger partial charge in [-0.25, -0.2) is 8.42 Å². The van der Waals surface area contributed by atoms with Gasteiger partial charge in [-0.2, -0.15) is 4.31 Å². The summed E-state index contributed by atoms with van der Waals surface area (Å²) in [5.74, 6) is -1.18. The third-order valence-electron chi connectivity index (χ3n) is 4.04. The molecule has 0 spiro atoms. The molecule has 154 valence electrons. The first-order valence-corrected chi connectivity index (χ1v) is 10.6. The number of hydrogen-bond donors (Lipinski definition) is 2. The van der Waals surface area contributed by atoms with Crippen molar-refractivity contribution in [2.75, 3.05) is 39.3 Å². The number of rotatable bonds is 6. The van der Waals surface area contributed by atoms with Crippen LogP contribution in [0.3, 0.4) is 0 Å². The van der Waals surface area contributed by atoms with Crippen LogP contribution >= 0.6 is 23.2 Å². The summed E-state index contributed by atoms with van der Waals surface area (Å²) in [5.41, 5.74) is 0. The Labute approximate surface area is 173 Å². The maximum Gasteiger partial charge on any atom is 0.246 e. The number of amides is 3. The van der Waals surface area contributed by atoms with E-state index in [2.05, 4.69) is 10.6 Å². The number of hydrogen-bond acceptors (Lipinski definition) is 5. The van der Waals surface area contributed by atoms with Gasteiger partial charge < -0.3 is 15.5 Å². The van der Waals surface area contributed by atoms with E-state index in [-0.39, 0.29) is 66.0 Å². The topological polar surface area (TPSA) is 116 Å². The lowest BCUT2D eigenvalue weighted by Gasteiger charge is -2.34. The van der Waals surface area contributed by atoms with Gasteiger partial charge in [0.1, 0.15) is 4.90 Å². The maximum atomic E-state index is 12.8. The Kier molecular flexibility index (Phi) is 7.64. The van der Waals surface area contributed by atoms with Crippen LogP contribution < -0.4 is 10.6 Å². The lowest BCUT2D eigenvalue weighted by Crippen LogP contribution is -2.53. The van der Waals surface area contributed by atoms with Crippen molar-refractivity contribution in [3.63, 3.8) is 0 Å². The van der Waals surface area contributed by atoms with Crippen LogP contribution in [0.4, 0.5) is 0 Å². The number of sulfonamides is 1. The predicted octanol–water partition coefficient (Wildman–Crippen LogP) is 0.0786. The van der Waals surface area contributed by atoms with Crippen LogP contribution in [-0.4, -0.2) is 74.6 Å². The van der Waals surface area contributed by atoms with Gasteiger partial charge in [0.2, 0.25) is 27.7 Å². The van der Waals surface area contributed by atoms with Gasteiger partial charge in [0.05, 0.1) is 23.1 Å². The van der Waals surface area contributed by atoms with E-state index in [0.29, 0.717) is 0 Å². The molecule has 1 fully saturated rings. The van der Waals surface area contributed by atoms with E-state index in [0.717, 1.165) is 0 Å². The molecule has 1 saturated heterocycles. The highest BCUT2D eigenvalue weighted by molar-refractivity contribution is 7.89. The van der Waals surface area contributed by atoms with E-state index in [1.165, 1.54) is 28.3 Å². The summed E-state index contributed by atoms with van der Waals surface area (Å²) in [5, 5.41) is 4.80. The smallest absolute Gasteiger partial charge is 0.246 e. The standard InChI is InChI=1S/C16H20Cl2N4O5S/c1-11(23)19-9-14(24)20-10-15(25)21-5-7-22(8-6-21)28(26,27)16-12(17)3-2-4-13(16)18/h2-4H,5-10H2,1H3,(H,19,23)(H,20,24). The fraction of sp³-hybridized carbons (Fsp3) is 0.438. The zero-order chi connectivity index (χ0) is 20.9. The summed E-state index contributed by atoms with van der Waals surface area (Å²) in [7, 11) is -3.89. The summed E-state index contributed by atoms with van der Waals surface area (Å²) in [6.45, 7) is 1.32. The third kappa shape index (κ3) is 5.57. The van der Waals surface area contributed by atoms with Crippen LogP contribution in [0, 0.1) is 0 Å². The zero-order valence-electron chi connectivity index (χ0n) is 15.1. The molecule has 0 bridgehead atoms. The van der Waals surface area contributed by atoms with Crippen molar-refractivity contribution in [3.8, 4) is 0 Å². The van der Waals surface area contributed by atoms with Crippen molar-refractivity contribution in [3.05, 3.63) is 28.2 Å². The van der Waals surface area contributed by atoms with Crippen LogP contribution in [0.2, 0.25) is 10.0 Å². The minimum Gasteiger partial charge on any atom is -0.347 e. The van der Waals surface area contributed by atoms with E-state index in [4.69, 9.17) is 23.2 Å². The molecule has 0 unspecified atom stereocenters. The molecule has 9 nitrogen and oxygen atoms in total. The molecule has 0 aliphatic carbocycles. The van der Waals surface area contributed by atoms with Crippen LogP contribution in [0.15, 0.2) is 23.1 Å². The summed E-state index contributed by atoms with van der Waals surface area (Å²) < 4.78 is 26.8. The molecule has 2 N–H and O–H groups in total. The molecule has 1 aliphatic heterocycles. The molecule has 0 radical (unpaired) electrons. The van der Waals surface area contributed by atoms with Gasteiger partial charge in [-0.1, -0.05) is 29.3 Å². The van der Waals surface area contributed by atoms with Gasteiger partial charge >= 0.3 is 0 Å². The molecule has 0 aromatic heterocycles. The van der Waals surface area contributed by atoms with E-state index in [1.807, 2.05) is 0 Å². The molecular formula is C16H20Cl2N4O5S. The maximum absolute atomic E-state index is 12.8. The summed E-state index contributed by atoms with van der Waals surface area (Å²) in [6, 6.07) is 4.45. The zero-order valence-corrected chi connectivity index (χ0v) is 17.4. The van der Waals surface area contributed by atoms with Crippen molar-refractivity contribution < 1.29 is 22.8 Å². The first kappa shape index (κ1) is 22.4. The third-order valence-corrected chi connectivity index (χ3v) is 6.90. The van der Waals surface area contributed by atoms with E-state index >= 15 is 0 Å². The quantitative estimate of drug-likeness (QED) is 0.636. The normalized spacial score (nSPS) is 15.2. The molecule has 1 aromatic carbocycles. The molecule has 1 aromatic rings. The lowest BCUT2D eigenvalue weighted by atomic mass is 10.3. The Morgan fingerprint density at radius 2 is 1.57 bits per heavy atom. The average Bonchev–Trinajstić information content (AvgIpc) is 2.64. The number of halogens is 2. The van der Waals surface area contributed by atoms with Gasteiger partial charge in [0.25, 0.3) is 0 Å². The van der Waals surface area contributed by atoms with E-state index in [9.17, 15) is 22.8 Å². The molecule has 28 heavy (non-hydrogen) atoms. The number of nitrogens with one attached hydrogen (secondary N) is 2. The fourth-order valence-corrected chi connectivity index (χ4v) is 5.10. The van der Waals surface area contributed by atoms with E-state index < -0.39 is 15.9 Å². The van der Waals surface area contributed by atoms with Gasteiger partial charge in [-0.3, -0.25) is 14.4 Å². The second-order valence-electron chi connectivity index (χ2n) is 6.02. The largest absolute Gasteiger partial charge is 0.347 e. The Bertz CT molecular complexity index is 850. The summed E-state index contributed by atoms with van der Waals surface area (Å²) in [4.78, 5) is 35.8. The van der Waals surface area contributed by atoms with Crippen LogP contribution in [0.25, 0.3) is 0 Å². The molecule has 12 heteroatoms. The Balaban J connectivity index is 1.91. The van der Waals surface area contributed by atoms with Crippen LogP contribution in [0.1, 0.15) is 6.92 Å². The number of carbonyl (C=O) groups is 3. The molecule has 3 amide bonds. The highest BCUT2D eigenvalue weighted by atomic mass is 35.5. The first-order valence-electron chi connectivity index (χ1n) is 8.36. The minimum absolute atomic E-state index is 0.0351. The fourth-order valence-electron chi connectivity index (χ4n) is 2.59. The molecule has 1 heterocycles. The van der Waals surface area contributed by atoms with Crippen molar-refractivity contribution in [2.24, 2.45) is 0 Å². The van der Waals surface area contributed by atoms with Crippen molar-refractivity contribution in [2.45, 2.75) is 11.8 Å². The number of carbonyl (C=O) groups excluding carboxylic acids is 3. The number of piperazine rings is 1. The summed E-state index contributed by atoms with van der Waals surface area (Å²) in [6.07, 6.45) is 0. The monoisotopic (exact) mass is 450 g/mol. The Morgan fingerprint density at radius 3 is 2.11 bits per heavy atom. The Morgan fingerprint density at radius 1 is 1.00 bits per heavy atom. The number of benzene rings is 1. The average molecular weight is 451 g/mol. The number of nitrogens with zero attached hydrogens (tertiary/aromatic N) is 2. The first-order chi connectivity index (χ1) is 13.1. The van der Waals surface area contributed by atoms with Crippen molar-refractivity contribution >= 4 is 50.9 Å². The van der Waals surface area contributed by atoms with E-state index in [1.54, 1.807) is 6.07 Å². The Hall–Kier alpha value is -1.88. The molecule has 0 atom stereocenters. The van der Waals surface area contributed by atoms with Crippen molar-refractivity contribution in [1.82, 2.24) is 19.8 Å². The SMILES string of the molecule is CC(=O)NCC(=O)NCC(=O)N1CCN(S(=O)(=O)c2c(Cl)cccc2Cl)CC1. The highest BCUT2D eigenvalue weighted by Crippen LogP contribution is 2.31. The second kappa shape index (κ2) is 9.55. The van der Waals surface area contributed by atoms with Crippen molar-refractivity contribution in [1.29, 1.82) is 0 Å². The highest BCUT2D eigenvalue weighted by Gasteiger charge is 2.32. The lowest BCUT2D eigenvalue weighted by molar-refractivity contribution is -0.133.